The molecule has 0 aliphatic carbocycles. The first-order valence-corrected chi connectivity index (χ1v) is 8.96. The number of nitrogens with zero attached hydrogens (tertiary/aromatic N) is 1. The smallest absolute Gasteiger partial charge is 0.116 e. The lowest BCUT2D eigenvalue weighted by Gasteiger charge is -2.30. The molecular formula is C20H24BrNO. The molecule has 0 heterocycles. The van der Waals surface area contributed by atoms with Gasteiger partial charge in [0.15, 0.2) is 0 Å². The first-order valence-electron chi connectivity index (χ1n) is 7.84. The largest absolute Gasteiger partial charge is 0.145 e. The molecule has 0 radical (unpaired) electrons. The summed E-state index contributed by atoms with van der Waals surface area (Å²) in [5, 5.41) is 4.00. The van der Waals surface area contributed by atoms with Crippen molar-refractivity contribution in [3.05, 3.63) is 69.6 Å². The van der Waals surface area contributed by atoms with E-state index < -0.39 is 0 Å². The second-order valence-electron chi connectivity index (χ2n) is 7.50. The first kappa shape index (κ1) is 17.9. The van der Waals surface area contributed by atoms with Gasteiger partial charge < -0.3 is 0 Å². The number of benzene rings is 2. The average Bonchev–Trinajstić information content (AvgIpc) is 2.53. The van der Waals surface area contributed by atoms with Crippen LogP contribution in [0.5, 0.6) is 0 Å². The van der Waals surface area contributed by atoms with Crippen molar-refractivity contribution >= 4 is 21.6 Å². The minimum Gasteiger partial charge on any atom is -0.145 e. The highest BCUT2D eigenvalue weighted by Crippen LogP contribution is 2.42. The number of halogens is 1. The Bertz CT molecular complexity index is 700. The van der Waals surface area contributed by atoms with Crippen molar-refractivity contribution in [3.8, 4) is 0 Å². The molecule has 2 rings (SSSR count). The van der Waals surface area contributed by atoms with Crippen LogP contribution >= 0.6 is 15.9 Å². The molecule has 0 aromatic heterocycles. The number of alkyl halides is 1. The molecule has 0 unspecified atom stereocenters. The van der Waals surface area contributed by atoms with Crippen LogP contribution in [0.15, 0.2) is 47.6 Å². The van der Waals surface area contributed by atoms with Crippen LogP contribution in [0.3, 0.4) is 0 Å². The second kappa shape index (κ2) is 6.56. The van der Waals surface area contributed by atoms with Gasteiger partial charge in [0.05, 0.1) is 0 Å². The van der Waals surface area contributed by atoms with E-state index in [1.807, 2.05) is 18.2 Å². The Hall–Kier alpha value is -1.48. The number of rotatable bonds is 4. The minimum absolute atomic E-state index is 0.0137. The molecule has 0 amide bonds. The van der Waals surface area contributed by atoms with Crippen LogP contribution in [0.1, 0.15) is 56.9 Å². The van der Waals surface area contributed by atoms with Crippen molar-refractivity contribution in [1.29, 1.82) is 0 Å². The molecule has 0 atom stereocenters. The van der Waals surface area contributed by atoms with Crippen molar-refractivity contribution < 1.29 is 0 Å². The zero-order valence-electron chi connectivity index (χ0n) is 14.5. The van der Waals surface area contributed by atoms with Crippen molar-refractivity contribution in [3.63, 3.8) is 0 Å². The quantitative estimate of drug-likeness (QED) is 0.438. The molecule has 0 bridgehead atoms. The third kappa shape index (κ3) is 3.55. The number of nitroso groups, excluding NO2 is 1. The van der Waals surface area contributed by atoms with Crippen LogP contribution in [0, 0.1) is 4.91 Å². The van der Waals surface area contributed by atoms with Gasteiger partial charge in [0.25, 0.3) is 0 Å². The lowest BCUT2D eigenvalue weighted by molar-refractivity contribution is 0.581. The van der Waals surface area contributed by atoms with E-state index in [1.54, 1.807) is 0 Å². The van der Waals surface area contributed by atoms with Gasteiger partial charge in [0.2, 0.25) is 0 Å². The summed E-state index contributed by atoms with van der Waals surface area (Å²) in [6.07, 6.45) is 0. The lowest BCUT2D eigenvalue weighted by Crippen LogP contribution is -2.21. The van der Waals surface area contributed by atoms with Gasteiger partial charge in [-0.3, -0.25) is 0 Å². The average molecular weight is 374 g/mol. The van der Waals surface area contributed by atoms with E-state index in [0.29, 0.717) is 11.0 Å². The molecule has 0 fully saturated rings. The Balaban J connectivity index is 2.76. The van der Waals surface area contributed by atoms with Crippen LogP contribution in [0.2, 0.25) is 0 Å². The van der Waals surface area contributed by atoms with Crippen molar-refractivity contribution in [2.45, 2.75) is 50.8 Å². The van der Waals surface area contributed by atoms with E-state index >= 15 is 0 Å². The Morgan fingerprint density at radius 3 is 2.04 bits per heavy atom. The molecule has 0 aliphatic rings. The summed E-state index contributed by atoms with van der Waals surface area (Å²) >= 11 is 3.51. The molecular weight excluding hydrogens is 350 g/mol. The Labute approximate surface area is 147 Å². The third-order valence-electron chi connectivity index (χ3n) is 4.46. The van der Waals surface area contributed by atoms with Gasteiger partial charge in [-0.25, -0.2) is 0 Å². The molecule has 0 spiro atoms. The van der Waals surface area contributed by atoms with Gasteiger partial charge in [-0.2, -0.15) is 0 Å². The zero-order valence-corrected chi connectivity index (χ0v) is 16.1. The van der Waals surface area contributed by atoms with Crippen LogP contribution < -0.4 is 0 Å². The molecule has 2 aromatic rings. The third-order valence-corrected chi connectivity index (χ3v) is 5.06. The fraction of sp³-hybridized carbons (Fsp3) is 0.400. The molecule has 0 saturated heterocycles. The molecule has 122 valence electrons. The van der Waals surface area contributed by atoms with Gasteiger partial charge in [-0.05, 0) is 32.8 Å². The SMILES string of the molecule is CC(C)(C)c1cc(CBr)c(N=O)c(C(C)(C)c2ccccc2)c1. The van der Waals surface area contributed by atoms with E-state index in [4.69, 9.17) is 0 Å². The maximum absolute atomic E-state index is 11.6. The summed E-state index contributed by atoms with van der Waals surface area (Å²) in [5.41, 5.74) is 4.62. The highest BCUT2D eigenvalue weighted by Gasteiger charge is 2.30. The predicted molar refractivity (Wildman–Crippen MR) is 102 cm³/mol. The van der Waals surface area contributed by atoms with Crippen molar-refractivity contribution in [2.75, 3.05) is 0 Å². The maximum atomic E-state index is 11.6. The highest BCUT2D eigenvalue weighted by atomic mass is 79.9. The lowest BCUT2D eigenvalue weighted by atomic mass is 9.74. The summed E-state index contributed by atoms with van der Waals surface area (Å²) in [5.74, 6) is 0. The summed E-state index contributed by atoms with van der Waals surface area (Å²) in [4.78, 5) is 11.6. The van der Waals surface area contributed by atoms with Crippen LogP contribution in [0.25, 0.3) is 0 Å². The summed E-state index contributed by atoms with van der Waals surface area (Å²) < 4.78 is 0. The highest BCUT2D eigenvalue weighted by molar-refractivity contribution is 9.08. The van der Waals surface area contributed by atoms with Crippen LogP contribution in [-0.4, -0.2) is 0 Å². The zero-order chi connectivity index (χ0) is 17.3. The monoisotopic (exact) mass is 373 g/mol. The summed E-state index contributed by atoms with van der Waals surface area (Å²) in [7, 11) is 0. The van der Waals surface area contributed by atoms with Gasteiger partial charge in [0, 0.05) is 10.7 Å². The van der Waals surface area contributed by atoms with Gasteiger partial charge in [-0.15, -0.1) is 4.91 Å². The van der Waals surface area contributed by atoms with Crippen LogP contribution in [0.4, 0.5) is 5.69 Å². The Kier molecular flexibility index (Phi) is 5.10. The number of hydrogen-bond acceptors (Lipinski definition) is 2. The standard InChI is InChI=1S/C20H24BrNO/c1-19(2,3)16-11-14(13-21)18(22-23)17(12-16)20(4,5)15-9-7-6-8-10-15/h6-12H,13H2,1-5H3. The van der Waals surface area contributed by atoms with Crippen molar-refractivity contribution in [2.24, 2.45) is 5.18 Å². The van der Waals surface area contributed by atoms with E-state index in [2.05, 4.69) is 80.0 Å². The fourth-order valence-electron chi connectivity index (χ4n) is 2.82. The van der Waals surface area contributed by atoms with E-state index in [1.165, 1.54) is 11.1 Å². The minimum atomic E-state index is -0.289. The Morgan fingerprint density at radius 1 is 0.957 bits per heavy atom. The van der Waals surface area contributed by atoms with Crippen LogP contribution in [-0.2, 0) is 16.2 Å². The molecule has 2 nitrogen and oxygen atoms in total. The van der Waals surface area contributed by atoms with Gasteiger partial charge >= 0.3 is 0 Å². The second-order valence-corrected chi connectivity index (χ2v) is 8.06. The Morgan fingerprint density at radius 2 is 1.57 bits per heavy atom. The first-order chi connectivity index (χ1) is 10.7. The topological polar surface area (TPSA) is 29.4 Å². The van der Waals surface area contributed by atoms with Gasteiger partial charge in [0.1, 0.15) is 5.69 Å². The summed E-state index contributed by atoms with van der Waals surface area (Å²) in [6.45, 7) is 10.9. The van der Waals surface area contributed by atoms with E-state index in [0.717, 1.165) is 11.1 Å². The molecule has 0 aliphatic heterocycles. The van der Waals surface area contributed by atoms with E-state index in [-0.39, 0.29) is 10.8 Å². The predicted octanol–water partition coefficient (Wildman–Crippen LogP) is 6.60. The molecule has 23 heavy (non-hydrogen) atoms. The fourth-order valence-corrected chi connectivity index (χ4v) is 3.25. The molecule has 0 N–H and O–H groups in total. The molecule has 2 aromatic carbocycles. The van der Waals surface area contributed by atoms with E-state index in [9.17, 15) is 4.91 Å². The molecule has 0 saturated carbocycles. The maximum Gasteiger partial charge on any atom is 0.116 e. The molecule has 3 heteroatoms. The summed E-state index contributed by atoms with van der Waals surface area (Å²) in [6, 6.07) is 14.5. The van der Waals surface area contributed by atoms with Crippen molar-refractivity contribution in [1.82, 2.24) is 0 Å². The normalized spacial score (nSPS) is 12.3. The van der Waals surface area contributed by atoms with Gasteiger partial charge in [-0.1, -0.05) is 93.0 Å². The number of hydrogen-bond donors (Lipinski definition) is 0.